The van der Waals surface area contributed by atoms with E-state index in [2.05, 4.69) is 31.1 Å². The van der Waals surface area contributed by atoms with Crippen LogP contribution in [0.2, 0.25) is 0 Å². The maximum Gasteiger partial charge on any atom is 0.278 e. The summed E-state index contributed by atoms with van der Waals surface area (Å²) in [6.45, 7) is 7.81. The van der Waals surface area contributed by atoms with Gasteiger partial charge >= 0.3 is 0 Å². The van der Waals surface area contributed by atoms with Crippen LogP contribution in [0.15, 0.2) is 29.5 Å². The Morgan fingerprint density at radius 2 is 2.12 bits per heavy atom. The van der Waals surface area contributed by atoms with Gasteiger partial charge in [0.2, 0.25) is 0 Å². The van der Waals surface area contributed by atoms with Crippen LogP contribution in [0.3, 0.4) is 0 Å². The van der Waals surface area contributed by atoms with Crippen LogP contribution in [0.4, 0.5) is 0 Å². The number of hydrogen-bond donors (Lipinski definition) is 0. The molecule has 1 atom stereocenters. The van der Waals surface area contributed by atoms with Gasteiger partial charge in [0.25, 0.3) is 5.96 Å². The van der Waals surface area contributed by atoms with Gasteiger partial charge in [-0.1, -0.05) is 18.2 Å². The minimum atomic E-state index is -0.612. The number of aryl methyl sites for hydroxylation is 2. The molecule has 0 saturated carbocycles. The molecule has 0 radical (unpaired) electrons. The first-order valence-corrected chi connectivity index (χ1v) is 8.61. The highest BCUT2D eigenvalue weighted by molar-refractivity contribution is 5.83. The number of hydrazone groups is 1. The molecule has 0 N–H and O–H groups in total. The second kappa shape index (κ2) is 7.65. The lowest BCUT2D eigenvalue weighted by molar-refractivity contribution is -0.486. The molecular weight excluding hydrogens is 320 g/mol. The molecule has 134 valence electrons. The molecule has 2 aliphatic rings. The van der Waals surface area contributed by atoms with Gasteiger partial charge in [0.1, 0.15) is 5.10 Å². The minimum Gasteiger partial charge on any atom is -0.381 e. The van der Waals surface area contributed by atoms with Gasteiger partial charge in [-0.25, -0.2) is 10.1 Å². The van der Waals surface area contributed by atoms with E-state index in [9.17, 15) is 10.1 Å². The van der Waals surface area contributed by atoms with Crippen LogP contribution in [0.25, 0.3) is 6.08 Å². The summed E-state index contributed by atoms with van der Waals surface area (Å²) in [7, 11) is 0. The zero-order valence-electron chi connectivity index (χ0n) is 14.7. The van der Waals surface area contributed by atoms with Gasteiger partial charge in [-0.3, -0.25) is 0 Å². The first-order valence-electron chi connectivity index (χ1n) is 8.61. The normalized spacial score (nSPS) is 22.5. The lowest BCUT2D eigenvalue weighted by Gasteiger charge is -2.21. The van der Waals surface area contributed by atoms with E-state index in [1.54, 1.807) is 0 Å². The van der Waals surface area contributed by atoms with Crippen LogP contribution in [0.5, 0.6) is 0 Å². The van der Waals surface area contributed by atoms with Crippen LogP contribution in [0.1, 0.15) is 23.1 Å². The van der Waals surface area contributed by atoms with E-state index in [1.165, 1.54) is 11.1 Å². The molecule has 2 saturated heterocycles. The van der Waals surface area contributed by atoms with Crippen molar-refractivity contribution in [3.63, 3.8) is 0 Å². The third kappa shape index (κ3) is 4.17. The Morgan fingerprint density at radius 3 is 2.76 bits per heavy atom. The first kappa shape index (κ1) is 17.4. The molecule has 7 nitrogen and oxygen atoms in total. The highest BCUT2D eigenvalue weighted by Crippen LogP contribution is 2.20. The Kier molecular flexibility index (Phi) is 5.33. The quantitative estimate of drug-likeness (QED) is 0.606. The molecule has 0 amide bonds. The summed E-state index contributed by atoms with van der Waals surface area (Å²) in [4.78, 5) is 14.8. The maximum atomic E-state index is 11.0. The SMILES string of the molecule is Cc1cccc(C)c1C=CN1CCN(CC2CCOC2)C1=N[N+](=O)[O-]. The van der Waals surface area contributed by atoms with E-state index < -0.39 is 5.03 Å². The molecule has 7 heteroatoms. The van der Waals surface area contributed by atoms with E-state index in [0.29, 0.717) is 18.4 Å². The molecule has 2 fully saturated rings. The van der Waals surface area contributed by atoms with E-state index in [0.717, 1.165) is 38.3 Å². The summed E-state index contributed by atoms with van der Waals surface area (Å²) in [5.41, 5.74) is 3.51. The minimum absolute atomic E-state index is 0.416. The van der Waals surface area contributed by atoms with Gasteiger partial charge < -0.3 is 14.5 Å². The molecule has 0 aliphatic carbocycles. The summed E-state index contributed by atoms with van der Waals surface area (Å²) in [5, 5.41) is 14.0. The lowest BCUT2D eigenvalue weighted by Crippen LogP contribution is -2.35. The summed E-state index contributed by atoms with van der Waals surface area (Å²) in [6, 6.07) is 6.16. The Morgan fingerprint density at radius 1 is 1.36 bits per heavy atom. The highest BCUT2D eigenvalue weighted by Gasteiger charge is 2.31. The number of nitro groups is 1. The van der Waals surface area contributed by atoms with E-state index >= 15 is 0 Å². The zero-order chi connectivity index (χ0) is 17.8. The van der Waals surface area contributed by atoms with Crippen LogP contribution in [0, 0.1) is 29.9 Å². The monoisotopic (exact) mass is 344 g/mol. The van der Waals surface area contributed by atoms with Gasteiger partial charge in [-0.05, 0) is 43.0 Å². The van der Waals surface area contributed by atoms with Gasteiger partial charge in [0, 0.05) is 38.4 Å². The third-order valence-electron chi connectivity index (χ3n) is 4.79. The number of guanidine groups is 1. The number of ether oxygens (including phenoxy) is 1. The van der Waals surface area contributed by atoms with Crippen molar-refractivity contribution in [2.75, 3.05) is 32.8 Å². The van der Waals surface area contributed by atoms with Crippen LogP contribution < -0.4 is 0 Å². The number of hydrogen-bond acceptors (Lipinski definition) is 3. The average molecular weight is 344 g/mol. The third-order valence-corrected chi connectivity index (χ3v) is 4.79. The van der Waals surface area contributed by atoms with Crippen LogP contribution in [-0.2, 0) is 4.74 Å². The predicted molar refractivity (Wildman–Crippen MR) is 96.6 cm³/mol. The summed E-state index contributed by atoms with van der Waals surface area (Å²) >= 11 is 0. The Bertz CT molecular complexity index is 675. The largest absolute Gasteiger partial charge is 0.381 e. The number of nitrogens with zero attached hydrogens (tertiary/aromatic N) is 4. The molecule has 0 bridgehead atoms. The fourth-order valence-electron chi connectivity index (χ4n) is 3.41. The topological polar surface area (TPSA) is 71.2 Å². The predicted octanol–water partition coefficient (Wildman–Crippen LogP) is 2.48. The fourth-order valence-corrected chi connectivity index (χ4v) is 3.41. The van der Waals surface area contributed by atoms with Gasteiger partial charge in [-0.2, -0.15) is 0 Å². The molecule has 0 spiro atoms. The second-order valence-electron chi connectivity index (χ2n) is 6.63. The van der Waals surface area contributed by atoms with Crippen molar-refractivity contribution in [2.24, 2.45) is 11.0 Å². The summed E-state index contributed by atoms with van der Waals surface area (Å²) < 4.78 is 5.41. The standard InChI is InChI=1S/C18H24N4O3/c1-14-4-3-5-15(2)17(14)6-8-20-9-10-21(18(20)19-22(23)24)12-16-7-11-25-13-16/h3-6,8,16H,7,9-13H2,1-2H3. The maximum absolute atomic E-state index is 11.0. The Labute approximate surface area is 147 Å². The first-order chi connectivity index (χ1) is 12.0. The molecule has 2 heterocycles. The van der Waals surface area contributed by atoms with Crippen molar-refractivity contribution in [1.82, 2.24) is 9.80 Å². The summed E-state index contributed by atoms with van der Waals surface area (Å²) in [6.07, 6.45) is 4.92. The molecule has 1 unspecified atom stereocenters. The van der Waals surface area contributed by atoms with Crippen molar-refractivity contribution in [3.05, 3.63) is 51.2 Å². The second-order valence-corrected chi connectivity index (χ2v) is 6.63. The Balaban J connectivity index is 1.78. The summed E-state index contributed by atoms with van der Waals surface area (Å²) in [5.74, 6) is 0.832. The molecule has 1 aromatic carbocycles. The average Bonchev–Trinajstić information content (AvgIpc) is 3.19. The Hall–Kier alpha value is -2.41. The highest BCUT2D eigenvalue weighted by atomic mass is 16.7. The van der Waals surface area contributed by atoms with Crippen molar-refractivity contribution < 1.29 is 9.77 Å². The van der Waals surface area contributed by atoms with Crippen molar-refractivity contribution in [3.8, 4) is 0 Å². The number of rotatable bonds is 5. The molecular formula is C18H24N4O3. The molecule has 0 aromatic heterocycles. The fraction of sp³-hybridized carbons (Fsp3) is 0.500. The van der Waals surface area contributed by atoms with Crippen molar-refractivity contribution >= 4 is 12.0 Å². The van der Waals surface area contributed by atoms with Crippen molar-refractivity contribution in [1.29, 1.82) is 0 Å². The zero-order valence-corrected chi connectivity index (χ0v) is 14.7. The number of benzene rings is 1. The van der Waals surface area contributed by atoms with Gasteiger partial charge in [-0.15, -0.1) is 0 Å². The van der Waals surface area contributed by atoms with E-state index in [-0.39, 0.29) is 0 Å². The van der Waals surface area contributed by atoms with Crippen LogP contribution >= 0.6 is 0 Å². The van der Waals surface area contributed by atoms with Crippen LogP contribution in [-0.4, -0.2) is 53.6 Å². The molecule has 2 aliphatic heterocycles. The molecule has 25 heavy (non-hydrogen) atoms. The van der Waals surface area contributed by atoms with E-state index in [4.69, 9.17) is 4.74 Å². The van der Waals surface area contributed by atoms with Gasteiger partial charge in [0.05, 0.1) is 6.61 Å². The van der Waals surface area contributed by atoms with Crippen molar-refractivity contribution in [2.45, 2.75) is 20.3 Å². The molecule has 1 aromatic rings. The smallest absolute Gasteiger partial charge is 0.278 e. The van der Waals surface area contributed by atoms with E-state index in [1.807, 2.05) is 28.1 Å². The van der Waals surface area contributed by atoms with Gasteiger partial charge in [0.15, 0.2) is 5.03 Å². The molecule has 3 rings (SSSR count). The lowest BCUT2D eigenvalue weighted by atomic mass is 10.0.